The highest BCUT2D eigenvalue weighted by atomic mass is 16.2. The zero-order valence-corrected chi connectivity index (χ0v) is 11.4. The van der Waals surface area contributed by atoms with Crippen LogP contribution in [0.25, 0.3) is 0 Å². The number of likely N-dealkylation sites (tertiary alicyclic amines) is 1. The van der Waals surface area contributed by atoms with Gasteiger partial charge in [0.05, 0.1) is 6.42 Å². The topological polar surface area (TPSA) is 20.3 Å². The van der Waals surface area contributed by atoms with E-state index in [0.29, 0.717) is 18.3 Å². The molecule has 2 heteroatoms. The minimum Gasteiger partial charge on any atom is -0.342 e. The van der Waals surface area contributed by atoms with Gasteiger partial charge in [0, 0.05) is 13.1 Å². The highest BCUT2D eigenvalue weighted by Gasteiger charge is 2.25. The number of hydrogen-bond donors (Lipinski definition) is 0. The first-order valence-corrected chi connectivity index (χ1v) is 6.98. The van der Waals surface area contributed by atoms with Gasteiger partial charge < -0.3 is 4.90 Å². The summed E-state index contributed by atoms with van der Waals surface area (Å²) in [7, 11) is 0. The van der Waals surface area contributed by atoms with Gasteiger partial charge in [-0.3, -0.25) is 4.79 Å². The molecule has 1 aliphatic rings. The van der Waals surface area contributed by atoms with Gasteiger partial charge in [0.25, 0.3) is 0 Å². The van der Waals surface area contributed by atoms with Gasteiger partial charge in [0.2, 0.25) is 5.91 Å². The van der Waals surface area contributed by atoms with Crippen LogP contribution in [0.3, 0.4) is 0 Å². The van der Waals surface area contributed by atoms with E-state index >= 15 is 0 Å². The smallest absolute Gasteiger partial charge is 0.226 e. The molecule has 1 aromatic carbocycles. The number of piperidine rings is 1. The van der Waals surface area contributed by atoms with Crippen molar-refractivity contribution >= 4 is 5.91 Å². The van der Waals surface area contributed by atoms with E-state index in [9.17, 15) is 4.79 Å². The first kappa shape index (κ1) is 13.1. The minimum absolute atomic E-state index is 0.284. The Bertz CT molecular complexity index is 385. The summed E-state index contributed by atoms with van der Waals surface area (Å²) < 4.78 is 0. The molecule has 1 aliphatic heterocycles. The van der Waals surface area contributed by atoms with Crippen molar-refractivity contribution in [2.45, 2.75) is 33.1 Å². The van der Waals surface area contributed by atoms with E-state index in [-0.39, 0.29) is 5.91 Å². The van der Waals surface area contributed by atoms with E-state index in [1.54, 1.807) is 0 Å². The second-order valence-corrected chi connectivity index (χ2v) is 5.65. The third kappa shape index (κ3) is 3.34. The quantitative estimate of drug-likeness (QED) is 0.801. The lowest BCUT2D eigenvalue weighted by atomic mass is 9.88. The van der Waals surface area contributed by atoms with Crippen LogP contribution in [0.4, 0.5) is 0 Å². The van der Waals surface area contributed by atoms with Crippen molar-refractivity contribution in [1.29, 1.82) is 0 Å². The summed E-state index contributed by atoms with van der Waals surface area (Å²) in [5.41, 5.74) is 1.12. The fraction of sp³-hybridized carbons (Fsp3) is 0.562. The summed E-state index contributed by atoms with van der Waals surface area (Å²) >= 11 is 0. The average molecular weight is 245 g/mol. The maximum absolute atomic E-state index is 12.3. The van der Waals surface area contributed by atoms with Gasteiger partial charge in [-0.1, -0.05) is 44.2 Å². The molecular weight excluding hydrogens is 222 g/mol. The summed E-state index contributed by atoms with van der Waals surface area (Å²) in [5.74, 6) is 1.64. The Kier molecular flexibility index (Phi) is 4.40. The van der Waals surface area contributed by atoms with Gasteiger partial charge in [0.15, 0.2) is 0 Å². The Hall–Kier alpha value is -1.31. The predicted octanol–water partition coefficient (Wildman–Crippen LogP) is 3.12. The van der Waals surface area contributed by atoms with Gasteiger partial charge in [-0.05, 0) is 30.2 Å². The van der Waals surface area contributed by atoms with Gasteiger partial charge in [-0.15, -0.1) is 0 Å². The second kappa shape index (κ2) is 6.03. The molecule has 98 valence electrons. The van der Waals surface area contributed by atoms with Crippen LogP contribution in [0, 0.1) is 11.8 Å². The molecule has 18 heavy (non-hydrogen) atoms. The zero-order chi connectivity index (χ0) is 13.0. The molecule has 0 radical (unpaired) electrons. The third-order valence-electron chi connectivity index (χ3n) is 3.95. The van der Waals surface area contributed by atoms with Crippen molar-refractivity contribution in [3.05, 3.63) is 35.9 Å². The van der Waals surface area contributed by atoms with Gasteiger partial charge in [-0.2, -0.15) is 0 Å². The molecule has 2 nitrogen and oxygen atoms in total. The van der Waals surface area contributed by atoms with Crippen molar-refractivity contribution in [3.8, 4) is 0 Å². The van der Waals surface area contributed by atoms with Gasteiger partial charge >= 0.3 is 0 Å². The molecular formula is C16H23NO. The Morgan fingerprint density at radius 1 is 1.33 bits per heavy atom. The molecule has 0 aliphatic carbocycles. The molecule has 0 aromatic heterocycles. The Labute approximate surface area is 110 Å². The van der Waals surface area contributed by atoms with Gasteiger partial charge in [0.1, 0.15) is 0 Å². The standard InChI is InChI=1S/C16H23NO/c1-13(2)15-9-6-10-17(12-15)16(18)11-14-7-4-3-5-8-14/h3-5,7-8,13,15H,6,9-12H2,1-2H3. The van der Waals surface area contributed by atoms with Crippen LogP contribution in [0.2, 0.25) is 0 Å². The van der Waals surface area contributed by atoms with Crippen LogP contribution >= 0.6 is 0 Å². The lowest BCUT2D eigenvalue weighted by Crippen LogP contribution is -2.42. The number of carbonyl (C=O) groups is 1. The van der Waals surface area contributed by atoms with Crippen LogP contribution in [0.15, 0.2) is 30.3 Å². The van der Waals surface area contributed by atoms with Gasteiger partial charge in [-0.25, -0.2) is 0 Å². The van der Waals surface area contributed by atoms with Crippen molar-refractivity contribution in [1.82, 2.24) is 4.90 Å². The van der Waals surface area contributed by atoms with E-state index in [4.69, 9.17) is 0 Å². The molecule has 1 heterocycles. The molecule has 1 unspecified atom stereocenters. The number of hydrogen-bond acceptors (Lipinski definition) is 1. The van der Waals surface area contributed by atoms with Crippen molar-refractivity contribution in [3.63, 3.8) is 0 Å². The second-order valence-electron chi connectivity index (χ2n) is 5.65. The zero-order valence-electron chi connectivity index (χ0n) is 11.4. The summed E-state index contributed by atoms with van der Waals surface area (Å²) in [6.45, 7) is 6.41. The van der Waals surface area contributed by atoms with E-state index in [0.717, 1.165) is 25.1 Å². The van der Waals surface area contributed by atoms with Crippen molar-refractivity contribution in [2.75, 3.05) is 13.1 Å². The Morgan fingerprint density at radius 3 is 2.72 bits per heavy atom. The van der Waals surface area contributed by atoms with E-state index in [2.05, 4.69) is 18.7 Å². The number of amides is 1. The van der Waals surface area contributed by atoms with E-state index in [1.807, 2.05) is 30.3 Å². The van der Waals surface area contributed by atoms with Crippen LogP contribution in [-0.4, -0.2) is 23.9 Å². The molecule has 1 atom stereocenters. The SMILES string of the molecule is CC(C)C1CCCN(C(=O)Cc2ccccc2)C1. The molecule has 0 bridgehead atoms. The molecule has 1 amide bonds. The number of rotatable bonds is 3. The number of benzene rings is 1. The maximum atomic E-state index is 12.3. The van der Waals surface area contributed by atoms with E-state index < -0.39 is 0 Å². The largest absolute Gasteiger partial charge is 0.342 e. The normalized spacial score (nSPS) is 20.2. The lowest BCUT2D eigenvalue weighted by molar-refractivity contribution is -0.132. The number of carbonyl (C=O) groups excluding carboxylic acids is 1. The maximum Gasteiger partial charge on any atom is 0.226 e. The van der Waals surface area contributed by atoms with Crippen molar-refractivity contribution < 1.29 is 4.79 Å². The van der Waals surface area contributed by atoms with Crippen LogP contribution in [0.5, 0.6) is 0 Å². The van der Waals surface area contributed by atoms with Crippen LogP contribution in [0.1, 0.15) is 32.3 Å². The average Bonchev–Trinajstić information content (AvgIpc) is 2.40. The minimum atomic E-state index is 0.284. The summed E-state index contributed by atoms with van der Waals surface area (Å²) in [6.07, 6.45) is 2.97. The predicted molar refractivity (Wildman–Crippen MR) is 74.3 cm³/mol. The highest BCUT2D eigenvalue weighted by molar-refractivity contribution is 5.78. The highest BCUT2D eigenvalue weighted by Crippen LogP contribution is 2.23. The fourth-order valence-corrected chi connectivity index (χ4v) is 2.66. The number of nitrogens with zero attached hydrogens (tertiary/aromatic N) is 1. The summed E-state index contributed by atoms with van der Waals surface area (Å²) in [6, 6.07) is 10.0. The Balaban J connectivity index is 1.93. The molecule has 0 spiro atoms. The fourth-order valence-electron chi connectivity index (χ4n) is 2.66. The molecule has 1 saturated heterocycles. The Morgan fingerprint density at radius 2 is 2.06 bits per heavy atom. The molecule has 0 N–H and O–H groups in total. The molecule has 2 rings (SSSR count). The molecule has 1 aromatic rings. The van der Waals surface area contributed by atoms with Crippen LogP contribution in [-0.2, 0) is 11.2 Å². The summed E-state index contributed by atoms with van der Waals surface area (Å²) in [4.78, 5) is 14.3. The first-order valence-electron chi connectivity index (χ1n) is 6.98. The third-order valence-corrected chi connectivity index (χ3v) is 3.95. The van der Waals surface area contributed by atoms with Crippen molar-refractivity contribution in [2.24, 2.45) is 11.8 Å². The lowest BCUT2D eigenvalue weighted by Gasteiger charge is -2.35. The monoisotopic (exact) mass is 245 g/mol. The summed E-state index contributed by atoms with van der Waals surface area (Å²) in [5, 5.41) is 0. The molecule has 1 fully saturated rings. The van der Waals surface area contributed by atoms with E-state index in [1.165, 1.54) is 6.42 Å². The first-order chi connectivity index (χ1) is 8.66. The molecule has 0 saturated carbocycles. The van der Waals surface area contributed by atoms with Crippen LogP contribution < -0.4 is 0 Å².